The number of rotatable bonds is 6. The standard InChI is InChI=1S/C13H15N3O4/c1-19-8-13(18)16-10-4-3-9(7-11(10)20-2)15-12(17)5-6-14/h3-4,7H,5,8H2,1-2H3,(H,15,17)(H,16,18). The first kappa shape index (κ1) is 15.5. The van der Waals surface area contributed by atoms with E-state index in [1.165, 1.54) is 14.2 Å². The van der Waals surface area contributed by atoms with E-state index in [0.29, 0.717) is 17.1 Å². The molecule has 0 aliphatic carbocycles. The number of hydrogen-bond acceptors (Lipinski definition) is 5. The topological polar surface area (TPSA) is 100 Å². The maximum absolute atomic E-state index is 11.4. The van der Waals surface area contributed by atoms with Crippen LogP contribution >= 0.6 is 0 Å². The fraction of sp³-hybridized carbons (Fsp3) is 0.308. The lowest BCUT2D eigenvalue weighted by Gasteiger charge is -2.12. The highest BCUT2D eigenvalue weighted by Crippen LogP contribution is 2.28. The number of benzene rings is 1. The normalized spacial score (nSPS) is 9.45. The number of amides is 2. The first-order chi connectivity index (χ1) is 9.60. The van der Waals surface area contributed by atoms with Gasteiger partial charge in [0.2, 0.25) is 11.8 Å². The molecule has 0 bridgehead atoms. The number of carbonyl (C=O) groups excluding carboxylic acids is 2. The van der Waals surface area contributed by atoms with Gasteiger partial charge in [-0.05, 0) is 12.1 Å². The minimum atomic E-state index is -0.411. The van der Waals surface area contributed by atoms with Gasteiger partial charge in [-0.15, -0.1) is 0 Å². The van der Waals surface area contributed by atoms with E-state index in [1.54, 1.807) is 24.3 Å². The van der Waals surface area contributed by atoms with Crippen LogP contribution in [-0.2, 0) is 14.3 Å². The summed E-state index contributed by atoms with van der Waals surface area (Å²) in [6.07, 6.45) is -0.228. The molecule has 106 valence electrons. The minimum Gasteiger partial charge on any atom is -0.494 e. The molecule has 2 N–H and O–H groups in total. The first-order valence-electron chi connectivity index (χ1n) is 5.74. The van der Waals surface area contributed by atoms with Crippen molar-refractivity contribution in [2.45, 2.75) is 6.42 Å². The Balaban J connectivity index is 2.82. The van der Waals surface area contributed by atoms with Gasteiger partial charge in [0.25, 0.3) is 0 Å². The summed E-state index contributed by atoms with van der Waals surface area (Å²) in [7, 11) is 2.87. The van der Waals surface area contributed by atoms with E-state index in [0.717, 1.165) is 0 Å². The average molecular weight is 277 g/mol. The molecule has 0 saturated carbocycles. The zero-order valence-electron chi connectivity index (χ0n) is 11.2. The van der Waals surface area contributed by atoms with Crippen LogP contribution < -0.4 is 15.4 Å². The van der Waals surface area contributed by atoms with Crippen LogP contribution in [0.4, 0.5) is 11.4 Å². The molecule has 7 nitrogen and oxygen atoms in total. The minimum absolute atomic E-state index is 0.0657. The van der Waals surface area contributed by atoms with Gasteiger partial charge in [0, 0.05) is 18.9 Å². The molecule has 1 aromatic rings. The van der Waals surface area contributed by atoms with Crippen molar-refractivity contribution in [1.29, 1.82) is 5.26 Å². The molecule has 2 amide bonds. The molecule has 0 atom stereocenters. The predicted octanol–water partition coefficient (Wildman–Crippen LogP) is 1.13. The predicted molar refractivity (Wildman–Crippen MR) is 72.4 cm³/mol. The monoisotopic (exact) mass is 277 g/mol. The number of nitriles is 1. The molecule has 1 aromatic carbocycles. The van der Waals surface area contributed by atoms with E-state index in [-0.39, 0.29) is 18.9 Å². The Morgan fingerprint density at radius 1 is 1.25 bits per heavy atom. The number of anilines is 2. The zero-order valence-corrected chi connectivity index (χ0v) is 11.2. The summed E-state index contributed by atoms with van der Waals surface area (Å²) >= 11 is 0. The van der Waals surface area contributed by atoms with E-state index < -0.39 is 5.91 Å². The highest BCUT2D eigenvalue weighted by molar-refractivity contribution is 5.95. The van der Waals surface area contributed by atoms with Gasteiger partial charge in [-0.1, -0.05) is 0 Å². The summed E-state index contributed by atoms with van der Waals surface area (Å²) in [5, 5.41) is 13.6. The van der Waals surface area contributed by atoms with E-state index in [1.807, 2.05) is 0 Å². The summed E-state index contributed by atoms with van der Waals surface area (Å²) in [5.41, 5.74) is 0.944. The molecule has 1 rings (SSSR count). The number of hydrogen-bond donors (Lipinski definition) is 2. The molecule has 0 aliphatic heterocycles. The van der Waals surface area contributed by atoms with Gasteiger partial charge in [0.05, 0.1) is 18.9 Å². The van der Waals surface area contributed by atoms with E-state index in [4.69, 9.17) is 14.7 Å². The van der Waals surface area contributed by atoms with Crippen molar-refractivity contribution < 1.29 is 19.1 Å². The molecule has 0 fully saturated rings. The quantitative estimate of drug-likeness (QED) is 0.811. The second-order valence-electron chi connectivity index (χ2n) is 3.78. The molecule has 0 saturated heterocycles. The first-order valence-corrected chi connectivity index (χ1v) is 5.74. The van der Waals surface area contributed by atoms with Gasteiger partial charge < -0.3 is 20.1 Å². The van der Waals surface area contributed by atoms with Crippen LogP contribution in [-0.4, -0.2) is 32.6 Å². The van der Waals surface area contributed by atoms with Gasteiger partial charge in [0.15, 0.2) is 0 Å². The molecule has 0 spiro atoms. The summed E-state index contributed by atoms with van der Waals surface area (Å²) < 4.78 is 9.85. The third-order valence-electron chi connectivity index (χ3n) is 2.27. The highest BCUT2D eigenvalue weighted by atomic mass is 16.5. The van der Waals surface area contributed by atoms with Crippen molar-refractivity contribution in [1.82, 2.24) is 0 Å². The summed E-state index contributed by atoms with van der Waals surface area (Å²) in [6.45, 7) is -0.0657. The Labute approximate surface area is 116 Å². The smallest absolute Gasteiger partial charge is 0.250 e. The van der Waals surface area contributed by atoms with E-state index >= 15 is 0 Å². The van der Waals surface area contributed by atoms with Gasteiger partial charge in [-0.2, -0.15) is 5.26 Å². The molecule has 0 heterocycles. The lowest BCUT2D eigenvalue weighted by molar-refractivity contribution is -0.119. The summed E-state index contributed by atoms with van der Waals surface area (Å²) in [6, 6.07) is 6.50. The van der Waals surface area contributed by atoms with Gasteiger partial charge in [-0.25, -0.2) is 0 Å². The maximum Gasteiger partial charge on any atom is 0.250 e. The molecule has 0 radical (unpaired) electrons. The fourth-order valence-electron chi connectivity index (χ4n) is 1.47. The lowest BCUT2D eigenvalue weighted by Crippen LogP contribution is -2.17. The third-order valence-corrected chi connectivity index (χ3v) is 2.27. The molecular formula is C13H15N3O4. The Morgan fingerprint density at radius 3 is 2.60 bits per heavy atom. The Hall–Kier alpha value is -2.59. The molecule has 20 heavy (non-hydrogen) atoms. The number of nitrogens with one attached hydrogen (secondary N) is 2. The largest absolute Gasteiger partial charge is 0.494 e. The number of carbonyl (C=O) groups is 2. The molecule has 0 aromatic heterocycles. The van der Waals surface area contributed by atoms with Crippen LogP contribution in [0.25, 0.3) is 0 Å². The highest BCUT2D eigenvalue weighted by Gasteiger charge is 2.09. The van der Waals surface area contributed by atoms with Crippen LogP contribution in [0.2, 0.25) is 0 Å². The second kappa shape index (κ2) is 7.76. The maximum atomic E-state index is 11.4. The van der Waals surface area contributed by atoms with Crippen molar-refractivity contribution in [2.24, 2.45) is 0 Å². The van der Waals surface area contributed by atoms with Crippen molar-refractivity contribution in [3.8, 4) is 11.8 Å². The Bertz CT molecular complexity index is 537. The molecule has 0 unspecified atom stereocenters. The van der Waals surface area contributed by atoms with Gasteiger partial charge in [-0.3, -0.25) is 9.59 Å². The number of methoxy groups -OCH3 is 2. The summed E-state index contributed by atoms with van der Waals surface area (Å²) in [5.74, 6) is -0.331. The Morgan fingerprint density at radius 2 is 2.00 bits per heavy atom. The fourth-order valence-corrected chi connectivity index (χ4v) is 1.47. The van der Waals surface area contributed by atoms with Crippen molar-refractivity contribution in [3.05, 3.63) is 18.2 Å². The average Bonchev–Trinajstić information content (AvgIpc) is 2.41. The third kappa shape index (κ3) is 4.59. The van der Waals surface area contributed by atoms with E-state index in [9.17, 15) is 9.59 Å². The van der Waals surface area contributed by atoms with Crippen LogP contribution in [0.3, 0.4) is 0 Å². The molecule has 0 aliphatic rings. The number of nitrogens with zero attached hydrogens (tertiary/aromatic N) is 1. The van der Waals surface area contributed by atoms with E-state index in [2.05, 4.69) is 10.6 Å². The second-order valence-corrected chi connectivity index (χ2v) is 3.78. The molecular weight excluding hydrogens is 262 g/mol. The van der Waals surface area contributed by atoms with Crippen LogP contribution in [0.15, 0.2) is 18.2 Å². The zero-order chi connectivity index (χ0) is 15.0. The number of ether oxygens (including phenoxy) is 2. The van der Waals surface area contributed by atoms with Crippen LogP contribution in [0.5, 0.6) is 5.75 Å². The molecule has 7 heteroatoms. The van der Waals surface area contributed by atoms with Crippen molar-refractivity contribution in [2.75, 3.05) is 31.5 Å². The van der Waals surface area contributed by atoms with Crippen LogP contribution in [0.1, 0.15) is 6.42 Å². The lowest BCUT2D eigenvalue weighted by atomic mass is 10.2. The Kier molecular flexibility index (Phi) is 6.00. The van der Waals surface area contributed by atoms with Gasteiger partial charge >= 0.3 is 0 Å². The SMILES string of the molecule is COCC(=O)Nc1ccc(NC(=O)CC#N)cc1OC. The van der Waals surface area contributed by atoms with Crippen LogP contribution in [0, 0.1) is 11.3 Å². The summed E-state index contributed by atoms with van der Waals surface area (Å²) in [4.78, 5) is 22.7. The van der Waals surface area contributed by atoms with Crippen molar-refractivity contribution >= 4 is 23.2 Å². The van der Waals surface area contributed by atoms with Gasteiger partial charge in [0.1, 0.15) is 18.8 Å². The van der Waals surface area contributed by atoms with Crippen molar-refractivity contribution in [3.63, 3.8) is 0 Å².